The fraction of sp³-hybridized carbons (Fsp3) is 0.214. The number of fused-ring (bicyclic) bond motifs is 1. The highest BCUT2D eigenvalue weighted by atomic mass is 32.2. The number of rotatable bonds is 2. The average molecular weight is 275 g/mol. The Labute approximate surface area is 114 Å². The third-order valence-corrected chi connectivity index (χ3v) is 5.60. The molecule has 1 aromatic heterocycles. The summed E-state index contributed by atoms with van der Waals surface area (Å²) in [5.74, 6) is 0.0496. The summed E-state index contributed by atoms with van der Waals surface area (Å²) in [5.41, 5.74) is 1.99. The second-order valence-electron chi connectivity index (χ2n) is 4.15. The third kappa shape index (κ3) is 2.06. The van der Waals surface area contributed by atoms with Gasteiger partial charge in [0.05, 0.1) is 9.77 Å². The predicted octanol–water partition coefficient (Wildman–Crippen LogP) is 3.84. The molecule has 1 N–H and O–H groups in total. The van der Waals surface area contributed by atoms with Crippen molar-refractivity contribution in [2.75, 3.05) is 0 Å². The summed E-state index contributed by atoms with van der Waals surface area (Å²) in [6.45, 7) is 2.12. The van der Waals surface area contributed by atoms with E-state index in [9.17, 15) is 4.79 Å². The molecule has 1 unspecified atom stereocenters. The molecule has 1 aliphatic heterocycles. The number of amides is 1. The van der Waals surface area contributed by atoms with Gasteiger partial charge in [-0.3, -0.25) is 4.79 Å². The van der Waals surface area contributed by atoms with Gasteiger partial charge in [-0.15, -0.1) is 11.3 Å². The predicted molar refractivity (Wildman–Crippen MR) is 76.2 cm³/mol. The first kappa shape index (κ1) is 11.8. The number of thiophene rings is 1. The lowest BCUT2D eigenvalue weighted by atomic mass is 10.2. The number of nitrogens with one attached hydrogen (secondary N) is 1. The summed E-state index contributed by atoms with van der Waals surface area (Å²) in [4.78, 5) is 13.4. The van der Waals surface area contributed by atoms with Crippen molar-refractivity contribution < 1.29 is 4.79 Å². The highest BCUT2D eigenvalue weighted by Gasteiger charge is 2.27. The SMILES string of the molecule is CCc1cc2c(s1)SC(c1ccccc1)NC2=O. The largest absolute Gasteiger partial charge is 0.336 e. The molecule has 2 nitrogen and oxygen atoms in total. The smallest absolute Gasteiger partial charge is 0.254 e. The lowest BCUT2D eigenvalue weighted by Gasteiger charge is -2.22. The van der Waals surface area contributed by atoms with E-state index in [4.69, 9.17) is 0 Å². The number of thioether (sulfide) groups is 1. The first-order chi connectivity index (χ1) is 8.78. The molecule has 2 heterocycles. The first-order valence-electron chi connectivity index (χ1n) is 5.93. The summed E-state index contributed by atoms with van der Waals surface area (Å²) in [6, 6.07) is 12.1. The minimum absolute atomic E-state index is 0.0366. The molecule has 0 aliphatic carbocycles. The Bertz CT molecular complexity index is 577. The van der Waals surface area contributed by atoms with Crippen LogP contribution >= 0.6 is 23.1 Å². The van der Waals surface area contributed by atoms with Crippen molar-refractivity contribution in [2.24, 2.45) is 0 Å². The fourth-order valence-corrected chi connectivity index (χ4v) is 4.53. The third-order valence-electron chi connectivity index (χ3n) is 2.93. The van der Waals surface area contributed by atoms with E-state index < -0.39 is 0 Å². The number of hydrogen-bond acceptors (Lipinski definition) is 3. The molecule has 3 rings (SSSR count). The Balaban J connectivity index is 1.94. The Morgan fingerprint density at radius 3 is 2.78 bits per heavy atom. The highest BCUT2D eigenvalue weighted by molar-refractivity contribution is 8.01. The molecule has 1 aliphatic rings. The number of hydrogen-bond donors (Lipinski definition) is 1. The maximum atomic E-state index is 12.1. The molecule has 4 heteroatoms. The van der Waals surface area contributed by atoms with E-state index in [1.807, 2.05) is 24.3 Å². The molecule has 1 atom stereocenters. The zero-order chi connectivity index (χ0) is 12.5. The van der Waals surface area contributed by atoms with E-state index in [2.05, 4.69) is 24.4 Å². The molecule has 92 valence electrons. The van der Waals surface area contributed by atoms with Crippen molar-refractivity contribution >= 4 is 29.0 Å². The Morgan fingerprint density at radius 1 is 1.28 bits per heavy atom. The van der Waals surface area contributed by atoms with Crippen molar-refractivity contribution in [3.05, 3.63) is 52.4 Å². The van der Waals surface area contributed by atoms with E-state index in [0.29, 0.717) is 0 Å². The van der Waals surface area contributed by atoms with Crippen LogP contribution in [-0.4, -0.2) is 5.91 Å². The molecule has 1 aromatic carbocycles. The van der Waals surface area contributed by atoms with Gasteiger partial charge >= 0.3 is 0 Å². The van der Waals surface area contributed by atoms with E-state index in [-0.39, 0.29) is 11.3 Å². The Hall–Kier alpha value is -1.26. The average Bonchev–Trinajstić information content (AvgIpc) is 2.83. The van der Waals surface area contributed by atoms with Gasteiger partial charge in [-0.05, 0) is 18.1 Å². The maximum Gasteiger partial charge on any atom is 0.254 e. The quantitative estimate of drug-likeness (QED) is 0.902. The second kappa shape index (κ2) is 4.78. The van der Waals surface area contributed by atoms with Crippen LogP contribution in [-0.2, 0) is 6.42 Å². The van der Waals surface area contributed by atoms with Crippen LogP contribution in [0.5, 0.6) is 0 Å². The molecule has 0 bridgehead atoms. The van der Waals surface area contributed by atoms with E-state index in [1.54, 1.807) is 23.1 Å². The maximum absolute atomic E-state index is 12.1. The van der Waals surface area contributed by atoms with Gasteiger partial charge in [0, 0.05) is 4.88 Å². The van der Waals surface area contributed by atoms with Crippen LogP contribution in [0, 0.1) is 0 Å². The molecule has 1 amide bonds. The van der Waals surface area contributed by atoms with Crippen molar-refractivity contribution in [1.29, 1.82) is 0 Å². The normalized spacial score (nSPS) is 18.3. The second-order valence-corrected chi connectivity index (χ2v) is 6.66. The van der Waals surface area contributed by atoms with Gasteiger partial charge in [-0.2, -0.15) is 0 Å². The monoisotopic (exact) mass is 275 g/mol. The molecular weight excluding hydrogens is 262 g/mol. The van der Waals surface area contributed by atoms with Crippen molar-refractivity contribution in [3.63, 3.8) is 0 Å². The van der Waals surface area contributed by atoms with Gasteiger partial charge in [0.2, 0.25) is 0 Å². The first-order valence-corrected chi connectivity index (χ1v) is 7.62. The molecular formula is C14H13NOS2. The summed E-state index contributed by atoms with van der Waals surface area (Å²) in [6.07, 6.45) is 0.988. The van der Waals surface area contributed by atoms with Crippen molar-refractivity contribution in [1.82, 2.24) is 5.32 Å². The van der Waals surface area contributed by atoms with Crippen LogP contribution in [0.2, 0.25) is 0 Å². The molecule has 0 saturated heterocycles. The summed E-state index contributed by atoms with van der Waals surface area (Å²) >= 11 is 3.48. The fourth-order valence-electron chi connectivity index (χ4n) is 1.96. The summed E-state index contributed by atoms with van der Waals surface area (Å²) in [7, 11) is 0. The molecule has 0 fully saturated rings. The molecule has 0 radical (unpaired) electrons. The van der Waals surface area contributed by atoms with Crippen LogP contribution in [0.1, 0.15) is 33.1 Å². The van der Waals surface area contributed by atoms with Gasteiger partial charge in [0.25, 0.3) is 5.91 Å². The molecule has 18 heavy (non-hydrogen) atoms. The highest BCUT2D eigenvalue weighted by Crippen LogP contribution is 2.43. The lowest BCUT2D eigenvalue weighted by molar-refractivity contribution is 0.0944. The van der Waals surface area contributed by atoms with Crippen LogP contribution in [0.3, 0.4) is 0 Å². The van der Waals surface area contributed by atoms with Gasteiger partial charge in [0.15, 0.2) is 0 Å². The van der Waals surface area contributed by atoms with E-state index in [0.717, 1.165) is 21.8 Å². The Morgan fingerprint density at radius 2 is 2.06 bits per heavy atom. The topological polar surface area (TPSA) is 29.1 Å². The van der Waals surface area contributed by atoms with Gasteiger partial charge in [-0.1, -0.05) is 49.0 Å². The zero-order valence-corrected chi connectivity index (χ0v) is 11.6. The van der Waals surface area contributed by atoms with Gasteiger partial charge in [0.1, 0.15) is 5.37 Å². The van der Waals surface area contributed by atoms with Gasteiger partial charge in [-0.25, -0.2) is 0 Å². The standard InChI is InChI=1S/C14H13NOS2/c1-2-10-8-11-12(16)15-13(18-14(11)17-10)9-6-4-3-5-7-9/h3-8,13H,2H2,1H3,(H,15,16). The van der Waals surface area contributed by atoms with Gasteiger partial charge < -0.3 is 5.32 Å². The number of aryl methyl sites for hydroxylation is 1. The van der Waals surface area contributed by atoms with Crippen LogP contribution in [0.15, 0.2) is 40.6 Å². The lowest BCUT2D eigenvalue weighted by Crippen LogP contribution is -2.29. The number of carbonyl (C=O) groups is 1. The number of carbonyl (C=O) groups excluding carboxylic acids is 1. The van der Waals surface area contributed by atoms with Crippen molar-refractivity contribution in [2.45, 2.75) is 22.9 Å². The summed E-state index contributed by atoms with van der Waals surface area (Å²) < 4.78 is 1.14. The minimum Gasteiger partial charge on any atom is -0.336 e. The Kier molecular flexibility index (Phi) is 3.14. The van der Waals surface area contributed by atoms with E-state index >= 15 is 0 Å². The number of benzene rings is 1. The van der Waals surface area contributed by atoms with Crippen LogP contribution in [0.4, 0.5) is 0 Å². The van der Waals surface area contributed by atoms with Crippen LogP contribution in [0.25, 0.3) is 0 Å². The minimum atomic E-state index is 0.0366. The zero-order valence-electron chi connectivity index (χ0n) is 9.97. The van der Waals surface area contributed by atoms with E-state index in [1.165, 1.54) is 4.88 Å². The molecule has 2 aromatic rings. The van der Waals surface area contributed by atoms with Crippen LogP contribution < -0.4 is 5.32 Å². The molecule has 0 spiro atoms. The molecule has 0 saturated carbocycles. The van der Waals surface area contributed by atoms with Crippen molar-refractivity contribution in [3.8, 4) is 0 Å². The summed E-state index contributed by atoms with van der Waals surface area (Å²) in [5, 5.41) is 3.09.